The molecule has 0 aromatic rings. The fourth-order valence-corrected chi connectivity index (χ4v) is 2.16. The molecule has 6 heteroatoms. The lowest BCUT2D eigenvalue weighted by atomic mass is 10.2. The SMILES string of the molecule is CCNC(=O)CN=C(NCC)NCCN(C(C)C)C(C)C. The van der Waals surface area contributed by atoms with E-state index >= 15 is 0 Å². The summed E-state index contributed by atoms with van der Waals surface area (Å²) in [5, 5.41) is 9.17. The molecule has 0 aliphatic rings. The van der Waals surface area contributed by atoms with E-state index in [0.29, 0.717) is 24.6 Å². The largest absolute Gasteiger partial charge is 0.357 e. The van der Waals surface area contributed by atoms with Crippen LogP contribution in [0.4, 0.5) is 0 Å². The fraction of sp³-hybridized carbons (Fsp3) is 0.867. The molecule has 0 saturated heterocycles. The highest BCUT2D eigenvalue weighted by Gasteiger charge is 2.12. The van der Waals surface area contributed by atoms with Crippen molar-refractivity contribution in [2.24, 2.45) is 4.99 Å². The van der Waals surface area contributed by atoms with Gasteiger partial charge in [-0.2, -0.15) is 0 Å². The van der Waals surface area contributed by atoms with Crippen LogP contribution in [0.2, 0.25) is 0 Å². The van der Waals surface area contributed by atoms with E-state index in [1.165, 1.54) is 0 Å². The molecule has 0 unspecified atom stereocenters. The Kier molecular flexibility index (Phi) is 10.7. The second-order valence-electron chi connectivity index (χ2n) is 5.50. The normalized spacial score (nSPS) is 12.1. The number of carbonyl (C=O) groups is 1. The average molecular weight is 299 g/mol. The summed E-state index contributed by atoms with van der Waals surface area (Å²) in [5.74, 6) is 0.636. The minimum Gasteiger partial charge on any atom is -0.357 e. The summed E-state index contributed by atoms with van der Waals surface area (Å²) in [5.41, 5.74) is 0. The van der Waals surface area contributed by atoms with Gasteiger partial charge in [0.2, 0.25) is 5.91 Å². The second kappa shape index (κ2) is 11.4. The zero-order valence-corrected chi connectivity index (χ0v) is 14.5. The zero-order valence-electron chi connectivity index (χ0n) is 14.5. The van der Waals surface area contributed by atoms with Crippen molar-refractivity contribution < 1.29 is 4.79 Å². The first-order chi connectivity index (χ1) is 9.92. The number of carbonyl (C=O) groups excluding carboxylic acids is 1. The molecule has 0 heterocycles. The summed E-state index contributed by atoms with van der Waals surface area (Å²) < 4.78 is 0. The van der Waals surface area contributed by atoms with Gasteiger partial charge in [0.15, 0.2) is 5.96 Å². The van der Waals surface area contributed by atoms with Gasteiger partial charge in [0.1, 0.15) is 6.54 Å². The molecule has 6 nitrogen and oxygen atoms in total. The van der Waals surface area contributed by atoms with Crippen molar-refractivity contribution in [1.29, 1.82) is 0 Å². The molecule has 0 spiro atoms. The highest BCUT2D eigenvalue weighted by molar-refractivity contribution is 5.84. The Morgan fingerprint density at radius 3 is 2.05 bits per heavy atom. The third-order valence-corrected chi connectivity index (χ3v) is 3.09. The van der Waals surface area contributed by atoms with Crippen molar-refractivity contribution in [3.8, 4) is 0 Å². The van der Waals surface area contributed by atoms with Crippen LogP contribution in [0.1, 0.15) is 41.5 Å². The van der Waals surface area contributed by atoms with Gasteiger partial charge in [0.25, 0.3) is 0 Å². The Hall–Kier alpha value is -1.30. The molecular weight excluding hydrogens is 266 g/mol. The molecule has 1 amide bonds. The van der Waals surface area contributed by atoms with Crippen LogP contribution in [-0.4, -0.2) is 61.6 Å². The average Bonchev–Trinajstić information content (AvgIpc) is 2.40. The van der Waals surface area contributed by atoms with Crippen molar-refractivity contribution in [1.82, 2.24) is 20.9 Å². The van der Waals surface area contributed by atoms with E-state index in [2.05, 4.69) is 53.5 Å². The molecule has 0 saturated carbocycles. The van der Waals surface area contributed by atoms with Gasteiger partial charge >= 0.3 is 0 Å². The van der Waals surface area contributed by atoms with Crippen LogP contribution >= 0.6 is 0 Å². The number of amides is 1. The van der Waals surface area contributed by atoms with Crippen LogP contribution in [0.15, 0.2) is 4.99 Å². The lowest BCUT2D eigenvalue weighted by Gasteiger charge is -2.30. The number of guanidine groups is 1. The van der Waals surface area contributed by atoms with E-state index in [1.54, 1.807) is 0 Å². The van der Waals surface area contributed by atoms with Gasteiger partial charge in [0, 0.05) is 38.3 Å². The molecule has 0 aromatic carbocycles. The molecule has 0 rings (SSSR count). The summed E-state index contributed by atoms with van der Waals surface area (Å²) in [7, 11) is 0. The highest BCUT2D eigenvalue weighted by Crippen LogP contribution is 2.03. The van der Waals surface area contributed by atoms with Crippen molar-refractivity contribution in [2.45, 2.75) is 53.6 Å². The maximum atomic E-state index is 11.4. The molecule has 0 fully saturated rings. The first-order valence-corrected chi connectivity index (χ1v) is 7.96. The summed E-state index contributed by atoms with van der Waals surface area (Å²) >= 11 is 0. The Morgan fingerprint density at radius 2 is 1.57 bits per heavy atom. The quantitative estimate of drug-likeness (QED) is 0.435. The Labute approximate surface area is 129 Å². The number of hydrogen-bond donors (Lipinski definition) is 3. The predicted molar refractivity (Wildman–Crippen MR) is 89.6 cm³/mol. The minimum absolute atomic E-state index is 0.0549. The summed E-state index contributed by atoms with van der Waals surface area (Å²) in [6, 6.07) is 1.03. The number of aliphatic imine (C=N–C) groups is 1. The highest BCUT2D eigenvalue weighted by atomic mass is 16.1. The standard InChI is InChI=1S/C15H33N5O/c1-7-16-14(21)11-19-15(17-8-2)18-9-10-20(12(3)4)13(5)6/h12-13H,7-11H2,1-6H3,(H,16,21)(H2,17,18,19). The lowest BCUT2D eigenvalue weighted by molar-refractivity contribution is -0.119. The van der Waals surface area contributed by atoms with E-state index < -0.39 is 0 Å². The molecule has 0 radical (unpaired) electrons. The molecule has 0 aliphatic carbocycles. The molecule has 21 heavy (non-hydrogen) atoms. The van der Waals surface area contributed by atoms with E-state index in [0.717, 1.165) is 19.6 Å². The Morgan fingerprint density at radius 1 is 1.00 bits per heavy atom. The van der Waals surface area contributed by atoms with E-state index in [-0.39, 0.29) is 12.5 Å². The van der Waals surface area contributed by atoms with Crippen LogP contribution in [0, 0.1) is 0 Å². The van der Waals surface area contributed by atoms with Gasteiger partial charge in [-0.05, 0) is 41.5 Å². The minimum atomic E-state index is -0.0549. The van der Waals surface area contributed by atoms with Crippen LogP contribution in [0.5, 0.6) is 0 Å². The molecule has 0 aliphatic heterocycles. The molecule has 3 N–H and O–H groups in total. The van der Waals surface area contributed by atoms with E-state index in [9.17, 15) is 4.79 Å². The van der Waals surface area contributed by atoms with E-state index in [1.807, 2.05) is 13.8 Å². The zero-order chi connectivity index (χ0) is 16.3. The molecule has 124 valence electrons. The van der Waals surface area contributed by atoms with Crippen molar-refractivity contribution in [3.63, 3.8) is 0 Å². The smallest absolute Gasteiger partial charge is 0.241 e. The van der Waals surface area contributed by atoms with Gasteiger partial charge in [-0.1, -0.05) is 0 Å². The molecule has 0 bridgehead atoms. The first-order valence-electron chi connectivity index (χ1n) is 7.96. The number of hydrogen-bond acceptors (Lipinski definition) is 3. The summed E-state index contributed by atoms with van der Waals surface area (Å²) in [6.07, 6.45) is 0. The van der Waals surface area contributed by atoms with Gasteiger partial charge in [-0.15, -0.1) is 0 Å². The van der Waals surface area contributed by atoms with Crippen molar-refractivity contribution >= 4 is 11.9 Å². The lowest BCUT2D eigenvalue weighted by Crippen LogP contribution is -2.45. The number of likely N-dealkylation sites (N-methyl/N-ethyl adjacent to an activating group) is 1. The second-order valence-corrected chi connectivity index (χ2v) is 5.50. The molecule has 0 atom stereocenters. The third-order valence-electron chi connectivity index (χ3n) is 3.09. The van der Waals surface area contributed by atoms with E-state index in [4.69, 9.17) is 0 Å². The van der Waals surface area contributed by atoms with Gasteiger partial charge in [-0.25, -0.2) is 4.99 Å². The number of nitrogens with one attached hydrogen (secondary N) is 3. The van der Waals surface area contributed by atoms with Crippen molar-refractivity contribution in [3.05, 3.63) is 0 Å². The summed E-state index contributed by atoms with van der Waals surface area (Å²) in [4.78, 5) is 18.1. The maximum Gasteiger partial charge on any atom is 0.241 e. The molecule has 0 aromatic heterocycles. The molecular formula is C15H33N5O. The van der Waals surface area contributed by atoms with Gasteiger partial charge in [0.05, 0.1) is 0 Å². The topological polar surface area (TPSA) is 68.8 Å². The summed E-state index contributed by atoms with van der Waals surface area (Å²) in [6.45, 7) is 16.0. The van der Waals surface area contributed by atoms with Crippen molar-refractivity contribution in [2.75, 3.05) is 32.7 Å². The Bertz CT molecular complexity index is 307. The van der Waals surface area contributed by atoms with Crippen LogP contribution in [0.3, 0.4) is 0 Å². The number of nitrogens with zero attached hydrogens (tertiary/aromatic N) is 2. The van der Waals surface area contributed by atoms with Gasteiger partial charge < -0.3 is 16.0 Å². The third kappa shape index (κ3) is 9.28. The fourth-order valence-electron chi connectivity index (χ4n) is 2.16. The first kappa shape index (κ1) is 19.7. The monoisotopic (exact) mass is 299 g/mol. The van der Waals surface area contributed by atoms with Crippen LogP contribution in [-0.2, 0) is 4.79 Å². The van der Waals surface area contributed by atoms with Crippen LogP contribution in [0.25, 0.3) is 0 Å². The predicted octanol–water partition coefficient (Wildman–Crippen LogP) is 0.796. The van der Waals surface area contributed by atoms with Crippen LogP contribution < -0.4 is 16.0 Å². The Balaban J connectivity index is 4.31. The van der Waals surface area contributed by atoms with Gasteiger partial charge in [-0.3, -0.25) is 9.69 Å². The number of rotatable bonds is 9. The maximum absolute atomic E-state index is 11.4.